The second kappa shape index (κ2) is 3.96. The number of hydrogen-bond acceptors (Lipinski definition) is 3. The Morgan fingerprint density at radius 3 is 3.13 bits per heavy atom. The molecule has 0 aliphatic carbocycles. The molecule has 1 aromatic rings. The second-order valence-corrected chi connectivity index (χ2v) is 3.45. The monoisotopic (exact) mass is 215 g/mol. The maximum atomic E-state index is 12.1. The minimum Gasteiger partial charge on any atom is -0.383 e. The molecule has 0 spiro atoms. The predicted molar refractivity (Wildman–Crippen MR) is 51.3 cm³/mol. The molecule has 82 valence electrons. The molecule has 0 aromatic carbocycles. The Hall–Kier alpha value is -1.46. The van der Waals surface area contributed by atoms with Crippen molar-refractivity contribution < 1.29 is 8.78 Å². The molecule has 1 aliphatic heterocycles. The van der Waals surface area contributed by atoms with Gasteiger partial charge in [0, 0.05) is 12.1 Å². The normalized spacial score (nSPS) is 14.9. The molecule has 2 heterocycles. The number of aromatic nitrogens is 2. The summed E-state index contributed by atoms with van der Waals surface area (Å²) in [4.78, 5) is 11.7. The summed E-state index contributed by atoms with van der Waals surface area (Å²) in [6.45, 7) is 0.166. The van der Waals surface area contributed by atoms with Crippen LogP contribution in [0.5, 0.6) is 0 Å². The molecule has 1 aliphatic rings. The number of alkyl halides is 2. The zero-order chi connectivity index (χ0) is 10.8. The van der Waals surface area contributed by atoms with Crippen LogP contribution in [0.3, 0.4) is 0 Å². The number of rotatable bonds is 2. The van der Waals surface area contributed by atoms with Gasteiger partial charge >= 0.3 is 0 Å². The molecular weight excluding hydrogens is 204 g/mol. The summed E-state index contributed by atoms with van der Waals surface area (Å²) in [5, 5.41) is 6.71. The number of fused-ring (bicyclic) bond motifs is 1. The highest BCUT2D eigenvalue weighted by atomic mass is 19.3. The maximum absolute atomic E-state index is 12.1. The van der Waals surface area contributed by atoms with Gasteiger partial charge in [0.15, 0.2) is 0 Å². The van der Waals surface area contributed by atoms with Gasteiger partial charge in [-0.2, -0.15) is 5.10 Å². The van der Waals surface area contributed by atoms with Gasteiger partial charge in [-0.3, -0.25) is 4.79 Å². The predicted octanol–water partition coefficient (Wildman–Crippen LogP) is 0.867. The number of halogens is 2. The summed E-state index contributed by atoms with van der Waals surface area (Å²) in [5.41, 5.74) is 0.841. The summed E-state index contributed by atoms with van der Waals surface area (Å²) in [6, 6.07) is 0. The van der Waals surface area contributed by atoms with Crippen molar-refractivity contribution in [3.05, 3.63) is 22.1 Å². The highest BCUT2D eigenvalue weighted by molar-refractivity contribution is 5.49. The van der Waals surface area contributed by atoms with E-state index >= 15 is 0 Å². The second-order valence-electron chi connectivity index (χ2n) is 3.45. The summed E-state index contributed by atoms with van der Waals surface area (Å²) >= 11 is 0. The average Bonchev–Trinajstić information content (AvgIpc) is 2.22. The van der Waals surface area contributed by atoms with Crippen molar-refractivity contribution in [1.82, 2.24) is 9.78 Å². The molecule has 0 atom stereocenters. The van der Waals surface area contributed by atoms with Crippen LogP contribution in [0.2, 0.25) is 0 Å². The van der Waals surface area contributed by atoms with Crippen molar-refractivity contribution in [3.8, 4) is 0 Å². The van der Waals surface area contributed by atoms with E-state index in [0.29, 0.717) is 17.7 Å². The van der Waals surface area contributed by atoms with E-state index < -0.39 is 18.5 Å². The Balaban J connectivity index is 2.39. The summed E-state index contributed by atoms with van der Waals surface area (Å²) in [7, 11) is 0. The van der Waals surface area contributed by atoms with Crippen molar-refractivity contribution in [3.63, 3.8) is 0 Å². The Labute approximate surface area is 84.9 Å². The first kappa shape index (κ1) is 10.1. The van der Waals surface area contributed by atoms with Crippen LogP contribution in [0.1, 0.15) is 12.0 Å². The van der Waals surface area contributed by atoms with E-state index in [0.717, 1.165) is 17.6 Å². The van der Waals surface area contributed by atoms with Gasteiger partial charge in [0.05, 0.1) is 11.9 Å². The quantitative estimate of drug-likeness (QED) is 0.796. The molecule has 0 saturated heterocycles. The Morgan fingerprint density at radius 1 is 1.60 bits per heavy atom. The molecule has 2 rings (SSSR count). The number of nitrogens with one attached hydrogen (secondary N) is 1. The van der Waals surface area contributed by atoms with Crippen LogP contribution in [0.25, 0.3) is 0 Å². The molecule has 6 heteroatoms. The van der Waals surface area contributed by atoms with Crippen LogP contribution in [0.15, 0.2) is 11.0 Å². The Morgan fingerprint density at radius 2 is 2.40 bits per heavy atom. The fourth-order valence-corrected chi connectivity index (χ4v) is 1.67. The lowest BCUT2D eigenvalue weighted by Crippen LogP contribution is -2.31. The topological polar surface area (TPSA) is 46.9 Å². The first-order chi connectivity index (χ1) is 7.18. The molecule has 0 amide bonds. The van der Waals surface area contributed by atoms with Gasteiger partial charge in [-0.15, -0.1) is 0 Å². The standard InChI is InChI=1S/C9H11F2N3O/c10-8(11)5-14-9(15)6-2-1-3-12-7(6)4-13-14/h4,8,12H,1-3,5H2. The minimum absolute atomic E-state index is 0.403. The average molecular weight is 215 g/mol. The zero-order valence-electron chi connectivity index (χ0n) is 8.04. The van der Waals surface area contributed by atoms with Crippen molar-refractivity contribution in [2.75, 3.05) is 11.9 Å². The lowest BCUT2D eigenvalue weighted by Gasteiger charge is -2.17. The minimum atomic E-state index is -2.55. The summed E-state index contributed by atoms with van der Waals surface area (Å²) < 4.78 is 25.1. The summed E-state index contributed by atoms with van der Waals surface area (Å²) in [6.07, 6.45) is 0.372. The lowest BCUT2D eigenvalue weighted by molar-refractivity contribution is 0.119. The third kappa shape index (κ3) is 1.98. The highest BCUT2D eigenvalue weighted by Gasteiger charge is 2.16. The van der Waals surface area contributed by atoms with Gasteiger partial charge in [-0.25, -0.2) is 13.5 Å². The van der Waals surface area contributed by atoms with E-state index in [9.17, 15) is 13.6 Å². The lowest BCUT2D eigenvalue weighted by atomic mass is 10.1. The van der Waals surface area contributed by atoms with Crippen LogP contribution >= 0.6 is 0 Å². The van der Waals surface area contributed by atoms with Crippen molar-refractivity contribution in [2.45, 2.75) is 25.8 Å². The first-order valence-corrected chi connectivity index (χ1v) is 4.79. The van der Waals surface area contributed by atoms with Gasteiger partial charge in [0.2, 0.25) is 0 Å². The molecule has 0 saturated carbocycles. The van der Waals surface area contributed by atoms with Gasteiger partial charge < -0.3 is 5.32 Å². The molecule has 4 nitrogen and oxygen atoms in total. The molecular formula is C9H11F2N3O. The number of hydrogen-bond donors (Lipinski definition) is 1. The van der Waals surface area contributed by atoms with E-state index in [-0.39, 0.29) is 0 Å². The van der Waals surface area contributed by atoms with Gasteiger partial charge in [-0.1, -0.05) is 0 Å². The molecule has 1 aromatic heterocycles. The van der Waals surface area contributed by atoms with Crippen molar-refractivity contribution >= 4 is 5.69 Å². The first-order valence-electron chi connectivity index (χ1n) is 4.79. The van der Waals surface area contributed by atoms with Crippen molar-refractivity contribution in [1.29, 1.82) is 0 Å². The molecule has 0 fully saturated rings. The summed E-state index contributed by atoms with van der Waals surface area (Å²) in [5.74, 6) is 0. The maximum Gasteiger partial charge on any atom is 0.272 e. The van der Waals surface area contributed by atoms with E-state index in [4.69, 9.17) is 0 Å². The third-order valence-corrected chi connectivity index (χ3v) is 2.37. The van der Waals surface area contributed by atoms with Crippen LogP contribution in [0, 0.1) is 0 Å². The van der Waals surface area contributed by atoms with E-state index in [1.165, 1.54) is 6.20 Å². The molecule has 1 N–H and O–H groups in total. The Bertz CT molecular complexity index is 416. The van der Waals surface area contributed by atoms with Crippen molar-refractivity contribution in [2.24, 2.45) is 0 Å². The molecule has 0 unspecified atom stereocenters. The van der Waals surface area contributed by atoms with Gasteiger partial charge in [0.1, 0.15) is 6.54 Å². The number of nitrogens with zero attached hydrogens (tertiary/aromatic N) is 2. The van der Waals surface area contributed by atoms with E-state index in [1.807, 2.05) is 0 Å². The van der Waals surface area contributed by atoms with Crippen LogP contribution in [-0.4, -0.2) is 22.8 Å². The van der Waals surface area contributed by atoms with Crippen LogP contribution in [0.4, 0.5) is 14.5 Å². The molecule has 15 heavy (non-hydrogen) atoms. The van der Waals surface area contributed by atoms with E-state index in [2.05, 4.69) is 10.4 Å². The van der Waals surface area contributed by atoms with Gasteiger partial charge in [-0.05, 0) is 12.8 Å². The van der Waals surface area contributed by atoms with E-state index in [1.54, 1.807) is 0 Å². The smallest absolute Gasteiger partial charge is 0.272 e. The van der Waals surface area contributed by atoms with Crippen LogP contribution < -0.4 is 10.9 Å². The SMILES string of the molecule is O=c1c2c(cnn1CC(F)F)NCCC2. The fourth-order valence-electron chi connectivity index (χ4n) is 1.67. The Kier molecular flexibility index (Phi) is 2.66. The van der Waals surface area contributed by atoms with Crippen LogP contribution in [-0.2, 0) is 13.0 Å². The largest absolute Gasteiger partial charge is 0.383 e. The zero-order valence-corrected chi connectivity index (χ0v) is 8.04. The third-order valence-electron chi connectivity index (χ3n) is 2.37. The molecule has 0 radical (unpaired) electrons. The number of anilines is 1. The van der Waals surface area contributed by atoms with Gasteiger partial charge in [0.25, 0.3) is 12.0 Å². The fraction of sp³-hybridized carbons (Fsp3) is 0.556. The molecule has 0 bridgehead atoms. The highest BCUT2D eigenvalue weighted by Crippen LogP contribution is 2.16.